The Labute approximate surface area is 149 Å². The molecule has 0 spiro atoms. The Morgan fingerprint density at radius 1 is 1.27 bits per heavy atom. The van der Waals surface area contributed by atoms with Gasteiger partial charge in [0, 0.05) is 6.07 Å². The summed E-state index contributed by atoms with van der Waals surface area (Å²) in [6.07, 6.45) is 0. The average molecular weight is 379 g/mol. The van der Waals surface area contributed by atoms with Crippen LogP contribution in [0.2, 0.25) is 0 Å². The van der Waals surface area contributed by atoms with Crippen molar-refractivity contribution in [3.8, 4) is 10.7 Å². The van der Waals surface area contributed by atoms with E-state index >= 15 is 0 Å². The number of benzene rings is 1. The molecule has 0 saturated heterocycles. The minimum absolute atomic E-state index is 0.217. The molecule has 2 aromatic heterocycles. The zero-order valence-electron chi connectivity index (χ0n) is 13.1. The van der Waals surface area contributed by atoms with Crippen LogP contribution in [0.25, 0.3) is 10.7 Å². The van der Waals surface area contributed by atoms with Crippen LogP contribution in [0.3, 0.4) is 0 Å². The molecule has 0 aliphatic heterocycles. The highest BCUT2D eigenvalue weighted by Crippen LogP contribution is 2.19. The number of tetrazole rings is 1. The molecule has 0 aliphatic carbocycles. The summed E-state index contributed by atoms with van der Waals surface area (Å²) < 4.78 is 31.0. The van der Waals surface area contributed by atoms with E-state index in [1.165, 1.54) is 11.3 Å². The first-order valence-electron chi connectivity index (χ1n) is 7.23. The Morgan fingerprint density at radius 2 is 2.12 bits per heavy atom. The molecule has 1 amide bonds. The van der Waals surface area contributed by atoms with Gasteiger partial charge in [-0.25, -0.2) is 13.6 Å². The van der Waals surface area contributed by atoms with E-state index < -0.39 is 30.1 Å². The third-order valence-electron chi connectivity index (χ3n) is 3.03. The maximum atomic E-state index is 13.4. The summed E-state index contributed by atoms with van der Waals surface area (Å²) in [4.78, 5) is 25.2. The summed E-state index contributed by atoms with van der Waals surface area (Å²) in [7, 11) is 0. The number of carbonyl (C=O) groups is 2. The van der Waals surface area contributed by atoms with Gasteiger partial charge in [0.1, 0.15) is 11.6 Å². The van der Waals surface area contributed by atoms with Crippen LogP contribution in [0.5, 0.6) is 0 Å². The van der Waals surface area contributed by atoms with Crippen molar-refractivity contribution in [2.24, 2.45) is 0 Å². The molecule has 0 bridgehead atoms. The topological polar surface area (TPSA) is 99.0 Å². The highest BCUT2D eigenvalue weighted by atomic mass is 32.1. The van der Waals surface area contributed by atoms with Gasteiger partial charge in [-0.2, -0.15) is 4.80 Å². The Bertz CT molecular complexity index is 929. The van der Waals surface area contributed by atoms with Gasteiger partial charge < -0.3 is 10.1 Å². The molecule has 8 nitrogen and oxygen atoms in total. The van der Waals surface area contributed by atoms with Gasteiger partial charge in [0.15, 0.2) is 13.2 Å². The first-order valence-corrected chi connectivity index (χ1v) is 8.11. The van der Waals surface area contributed by atoms with Gasteiger partial charge in [0.2, 0.25) is 5.82 Å². The van der Waals surface area contributed by atoms with Crippen LogP contribution in [0.1, 0.15) is 0 Å². The summed E-state index contributed by atoms with van der Waals surface area (Å²) in [5, 5.41) is 15.6. The van der Waals surface area contributed by atoms with Crippen molar-refractivity contribution < 1.29 is 23.1 Å². The Kier molecular flexibility index (Phi) is 5.27. The number of aromatic nitrogens is 4. The molecule has 2 heterocycles. The number of halogens is 2. The molecule has 134 valence electrons. The zero-order valence-corrected chi connectivity index (χ0v) is 13.9. The van der Waals surface area contributed by atoms with Crippen molar-refractivity contribution in [1.82, 2.24) is 20.2 Å². The van der Waals surface area contributed by atoms with E-state index in [4.69, 9.17) is 4.74 Å². The van der Waals surface area contributed by atoms with Crippen LogP contribution < -0.4 is 5.32 Å². The third-order valence-corrected chi connectivity index (χ3v) is 3.90. The lowest BCUT2D eigenvalue weighted by atomic mass is 10.3. The van der Waals surface area contributed by atoms with Gasteiger partial charge in [-0.15, -0.1) is 21.5 Å². The maximum Gasteiger partial charge on any atom is 0.330 e. The Morgan fingerprint density at radius 3 is 2.85 bits per heavy atom. The van der Waals surface area contributed by atoms with Crippen LogP contribution in [0.4, 0.5) is 14.5 Å². The standard InChI is InChI=1S/C15H11F2N5O3S/c16-9-3-4-11(10(17)6-9)18-13(23)8-25-14(24)7-22-20-15(19-21-22)12-2-1-5-26-12/h1-6H,7-8H2,(H,18,23). The molecule has 1 N–H and O–H groups in total. The highest BCUT2D eigenvalue weighted by molar-refractivity contribution is 7.13. The van der Waals surface area contributed by atoms with E-state index in [1.807, 2.05) is 17.5 Å². The first-order chi connectivity index (χ1) is 12.5. The SMILES string of the molecule is O=C(COC(=O)Cn1nnc(-c2cccs2)n1)Nc1ccc(F)cc1F. The lowest BCUT2D eigenvalue weighted by molar-refractivity contribution is -0.148. The fraction of sp³-hybridized carbons (Fsp3) is 0.133. The predicted octanol–water partition coefficient (Wildman–Crippen LogP) is 1.86. The van der Waals surface area contributed by atoms with Gasteiger partial charge in [-0.3, -0.25) is 4.79 Å². The van der Waals surface area contributed by atoms with E-state index in [1.54, 1.807) is 0 Å². The van der Waals surface area contributed by atoms with Crippen molar-refractivity contribution in [1.29, 1.82) is 0 Å². The molecule has 0 aliphatic rings. The third kappa shape index (κ3) is 4.45. The van der Waals surface area contributed by atoms with E-state index in [9.17, 15) is 18.4 Å². The molecule has 0 saturated carbocycles. The van der Waals surface area contributed by atoms with Gasteiger partial charge in [-0.1, -0.05) is 6.07 Å². The molecule has 11 heteroatoms. The van der Waals surface area contributed by atoms with Crippen molar-refractivity contribution in [3.05, 3.63) is 47.3 Å². The molecule has 26 heavy (non-hydrogen) atoms. The van der Waals surface area contributed by atoms with Crippen LogP contribution in [0.15, 0.2) is 35.7 Å². The number of hydrogen-bond acceptors (Lipinski definition) is 7. The number of nitrogens with one attached hydrogen (secondary N) is 1. The Balaban J connectivity index is 1.48. The molecule has 0 radical (unpaired) electrons. The number of amides is 1. The van der Waals surface area contributed by atoms with Crippen molar-refractivity contribution in [2.75, 3.05) is 11.9 Å². The first kappa shape index (κ1) is 17.6. The number of thiophene rings is 1. The summed E-state index contributed by atoms with van der Waals surface area (Å²) in [5.74, 6) is -2.87. The Hall–Kier alpha value is -3.21. The molecular weight excluding hydrogens is 368 g/mol. The minimum Gasteiger partial charge on any atom is -0.454 e. The smallest absolute Gasteiger partial charge is 0.330 e. The van der Waals surface area contributed by atoms with Crippen LogP contribution in [-0.2, 0) is 20.9 Å². The summed E-state index contributed by atoms with van der Waals surface area (Å²) in [6, 6.07) is 6.33. The van der Waals surface area contributed by atoms with E-state index in [0.717, 1.165) is 21.8 Å². The number of ether oxygens (including phenoxy) is 1. The van der Waals surface area contributed by atoms with Gasteiger partial charge in [0.05, 0.1) is 10.6 Å². The molecule has 3 aromatic rings. The zero-order chi connectivity index (χ0) is 18.5. The second-order valence-corrected chi connectivity index (χ2v) is 5.90. The molecular formula is C15H11F2N5O3S. The van der Waals surface area contributed by atoms with Gasteiger partial charge >= 0.3 is 5.97 Å². The maximum absolute atomic E-state index is 13.4. The van der Waals surface area contributed by atoms with Gasteiger partial charge in [-0.05, 0) is 28.8 Å². The monoisotopic (exact) mass is 379 g/mol. The number of nitrogens with zero attached hydrogens (tertiary/aromatic N) is 4. The van der Waals surface area contributed by atoms with Crippen LogP contribution >= 0.6 is 11.3 Å². The minimum atomic E-state index is -0.933. The van der Waals surface area contributed by atoms with Crippen molar-refractivity contribution in [3.63, 3.8) is 0 Å². The lowest BCUT2D eigenvalue weighted by Gasteiger charge is -2.07. The summed E-state index contributed by atoms with van der Waals surface area (Å²) in [5.41, 5.74) is -0.217. The number of esters is 1. The molecule has 0 fully saturated rings. The number of carbonyl (C=O) groups excluding carboxylic acids is 2. The van der Waals surface area contributed by atoms with Crippen LogP contribution in [0, 0.1) is 11.6 Å². The average Bonchev–Trinajstić information content (AvgIpc) is 3.27. The van der Waals surface area contributed by atoms with E-state index in [2.05, 4.69) is 20.7 Å². The largest absolute Gasteiger partial charge is 0.454 e. The lowest BCUT2D eigenvalue weighted by Crippen LogP contribution is -2.24. The van der Waals surface area contributed by atoms with E-state index in [-0.39, 0.29) is 12.2 Å². The summed E-state index contributed by atoms with van der Waals surface area (Å²) in [6.45, 7) is -0.974. The number of rotatable bonds is 6. The highest BCUT2D eigenvalue weighted by Gasteiger charge is 2.13. The summed E-state index contributed by atoms with van der Waals surface area (Å²) >= 11 is 1.42. The predicted molar refractivity (Wildman–Crippen MR) is 87.1 cm³/mol. The second kappa shape index (κ2) is 7.78. The van der Waals surface area contributed by atoms with Crippen molar-refractivity contribution >= 4 is 28.9 Å². The molecule has 1 aromatic carbocycles. The quantitative estimate of drug-likeness (QED) is 0.657. The molecule has 3 rings (SSSR count). The fourth-order valence-electron chi connectivity index (χ4n) is 1.90. The molecule has 0 unspecified atom stereocenters. The van der Waals surface area contributed by atoms with Crippen LogP contribution in [-0.4, -0.2) is 38.7 Å². The molecule has 0 atom stereocenters. The number of anilines is 1. The fourth-order valence-corrected chi connectivity index (χ4v) is 2.55. The second-order valence-electron chi connectivity index (χ2n) is 4.95. The van der Waals surface area contributed by atoms with Gasteiger partial charge in [0.25, 0.3) is 5.91 Å². The number of hydrogen-bond donors (Lipinski definition) is 1. The normalized spacial score (nSPS) is 10.5. The van der Waals surface area contributed by atoms with E-state index in [0.29, 0.717) is 11.9 Å². The van der Waals surface area contributed by atoms with Crippen molar-refractivity contribution in [2.45, 2.75) is 6.54 Å².